The monoisotopic (exact) mass is 384 g/mol. The predicted molar refractivity (Wildman–Crippen MR) is 102 cm³/mol. The molecule has 0 bridgehead atoms. The molecule has 27 heavy (non-hydrogen) atoms. The van der Waals surface area contributed by atoms with E-state index in [2.05, 4.69) is 31.7 Å². The summed E-state index contributed by atoms with van der Waals surface area (Å²) in [6.07, 6.45) is 6.03. The van der Waals surface area contributed by atoms with Crippen molar-refractivity contribution in [2.24, 2.45) is 0 Å². The average Bonchev–Trinajstić information content (AvgIpc) is 3.35. The van der Waals surface area contributed by atoms with Crippen LogP contribution in [-0.2, 0) is 17.7 Å². The second kappa shape index (κ2) is 8.19. The number of nitrogens with zero attached hydrogens (tertiary/aromatic N) is 4. The first-order chi connectivity index (χ1) is 13.3. The van der Waals surface area contributed by atoms with Crippen molar-refractivity contribution in [3.63, 3.8) is 0 Å². The normalized spacial score (nSPS) is 16.7. The number of benzene rings is 1. The molecule has 1 aliphatic rings. The summed E-state index contributed by atoms with van der Waals surface area (Å²) in [5, 5.41) is 1.02. The summed E-state index contributed by atoms with van der Waals surface area (Å²) in [5.41, 5.74) is 2.50. The maximum Gasteiger partial charge on any atom is 0.177 e. The first-order valence-electron chi connectivity index (χ1n) is 9.16. The van der Waals surface area contributed by atoms with Crippen LogP contribution >= 0.6 is 11.8 Å². The molecule has 1 aromatic carbocycles. The summed E-state index contributed by atoms with van der Waals surface area (Å²) in [6, 6.07) is 10.1. The predicted octanol–water partition coefficient (Wildman–Crippen LogP) is 4.37. The van der Waals surface area contributed by atoms with E-state index < -0.39 is 0 Å². The zero-order valence-electron chi connectivity index (χ0n) is 15.1. The minimum absolute atomic E-state index is 0.155. The van der Waals surface area contributed by atoms with Crippen LogP contribution in [0.1, 0.15) is 25.5 Å². The summed E-state index contributed by atoms with van der Waals surface area (Å²) >= 11 is 1.24. The van der Waals surface area contributed by atoms with Crippen LogP contribution in [-0.4, -0.2) is 32.2 Å². The number of aromatic nitrogens is 4. The Hall–Kier alpha value is -2.25. The van der Waals surface area contributed by atoms with E-state index in [1.54, 1.807) is 0 Å². The standard InChI is InChI=1S/C20H21FN4OS/c1-2-16-18(21)19(24-13-23-16)27-20-22-11-17(14-7-4-3-5-8-14)25(20)12-15-9-6-10-26-15/h3-5,7-8,11,13,15H,2,6,9-10,12H2,1H3. The number of ether oxygens (including phenoxy) is 1. The maximum atomic E-state index is 14.6. The molecule has 2 aromatic heterocycles. The highest BCUT2D eigenvalue weighted by atomic mass is 32.2. The van der Waals surface area contributed by atoms with Gasteiger partial charge < -0.3 is 9.30 Å². The molecule has 0 saturated carbocycles. The van der Waals surface area contributed by atoms with E-state index in [1.165, 1.54) is 18.1 Å². The van der Waals surface area contributed by atoms with Gasteiger partial charge in [-0.15, -0.1) is 0 Å². The van der Waals surface area contributed by atoms with E-state index in [4.69, 9.17) is 4.74 Å². The van der Waals surface area contributed by atoms with Crippen molar-refractivity contribution in [2.75, 3.05) is 6.61 Å². The van der Waals surface area contributed by atoms with Gasteiger partial charge in [0, 0.05) is 6.61 Å². The molecule has 1 aliphatic heterocycles. The molecule has 5 nitrogen and oxygen atoms in total. The number of aryl methyl sites for hydroxylation is 1. The smallest absolute Gasteiger partial charge is 0.177 e. The Morgan fingerprint density at radius 2 is 2.07 bits per heavy atom. The van der Waals surface area contributed by atoms with Gasteiger partial charge in [-0.3, -0.25) is 0 Å². The molecular weight excluding hydrogens is 363 g/mol. The molecule has 140 valence electrons. The number of imidazole rings is 1. The molecular formula is C20H21FN4OS. The molecule has 1 unspecified atom stereocenters. The van der Waals surface area contributed by atoms with Gasteiger partial charge in [-0.05, 0) is 36.6 Å². The number of hydrogen-bond donors (Lipinski definition) is 0. The zero-order chi connectivity index (χ0) is 18.6. The Labute approximate surface area is 162 Å². The largest absolute Gasteiger partial charge is 0.376 e. The molecule has 0 amide bonds. The summed E-state index contributed by atoms with van der Waals surface area (Å²) in [5.74, 6) is -0.363. The van der Waals surface area contributed by atoms with Crippen molar-refractivity contribution < 1.29 is 9.13 Å². The van der Waals surface area contributed by atoms with Crippen LogP contribution in [0.4, 0.5) is 4.39 Å². The second-order valence-electron chi connectivity index (χ2n) is 6.43. The minimum atomic E-state index is -0.363. The Morgan fingerprint density at radius 3 is 2.81 bits per heavy atom. The van der Waals surface area contributed by atoms with Crippen molar-refractivity contribution in [1.82, 2.24) is 19.5 Å². The van der Waals surface area contributed by atoms with Gasteiger partial charge in [-0.2, -0.15) is 0 Å². The van der Waals surface area contributed by atoms with Gasteiger partial charge in [0.05, 0.1) is 30.2 Å². The SMILES string of the molecule is CCc1ncnc(Sc2ncc(-c3ccccc3)n2CC2CCCO2)c1F. The van der Waals surface area contributed by atoms with Gasteiger partial charge in [0.1, 0.15) is 11.4 Å². The van der Waals surface area contributed by atoms with Crippen LogP contribution in [0.5, 0.6) is 0 Å². The first kappa shape index (κ1) is 18.1. The molecule has 7 heteroatoms. The lowest BCUT2D eigenvalue weighted by molar-refractivity contribution is 0.0954. The highest BCUT2D eigenvalue weighted by molar-refractivity contribution is 7.99. The molecule has 3 aromatic rings. The fourth-order valence-corrected chi connectivity index (χ4v) is 4.11. The highest BCUT2D eigenvalue weighted by Gasteiger charge is 2.22. The summed E-state index contributed by atoms with van der Waals surface area (Å²) < 4.78 is 22.6. The van der Waals surface area contributed by atoms with Crippen molar-refractivity contribution in [1.29, 1.82) is 0 Å². The number of halogens is 1. The van der Waals surface area contributed by atoms with E-state index in [9.17, 15) is 4.39 Å². The molecule has 0 radical (unpaired) electrons. The van der Waals surface area contributed by atoms with Gasteiger partial charge in [0.25, 0.3) is 0 Å². The third-order valence-electron chi connectivity index (χ3n) is 4.65. The van der Waals surface area contributed by atoms with Gasteiger partial charge in [-0.1, -0.05) is 37.3 Å². The van der Waals surface area contributed by atoms with Crippen LogP contribution in [0.15, 0.2) is 53.0 Å². The van der Waals surface area contributed by atoms with Crippen LogP contribution in [0, 0.1) is 5.82 Å². The van der Waals surface area contributed by atoms with Gasteiger partial charge in [0.15, 0.2) is 11.0 Å². The third kappa shape index (κ3) is 3.89. The van der Waals surface area contributed by atoms with Crippen LogP contribution in [0.2, 0.25) is 0 Å². The minimum Gasteiger partial charge on any atom is -0.376 e. The molecule has 4 rings (SSSR count). The molecule has 1 saturated heterocycles. The van der Waals surface area contributed by atoms with Crippen LogP contribution < -0.4 is 0 Å². The maximum absolute atomic E-state index is 14.6. The Bertz CT molecular complexity index is 910. The van der Waals surface area contributed by atoms with Crippen molar-refractivity contribution in [3.05, 3.63) is 54.4 Å². The van der Waals surface area contributed by atoms with E-state index in [1.807, 2.05) is 31.3 Å². The number of hydrogen-bond acceptors (Lipinski definition) is 5. The second-order valence-corrected chi connectivity index (χ2v) is 7.39. The van der Waals surface area contributed by atoms with Crippen molar-refractivity contribution in [2.45, 2.75) is 49.0 Å². The fourth-order valence-electron chi connectivity index (χ4n) is 3.24. The Kier molecular flexibility index (Phi) is 5.50. The topological polar surface area (TPSA) is 52.8 Å². The molecule has 0 aliphatic carbocycles. The lowest BCUT2D eigenvalue weighted by Gasteiger charge is -2.16. The third-order valence-corrected chi connectivity index (χ3v) is 5.64. The summed E-state index contributed by atoms with van der Waals surface area (Å²) in [4.78, 5) is 12.7. The zero-order valence-corrected chi connectivity index (χ0v) is 16.0. The summed E-state index contributed by atoms with van der Waals surface area (Å²) in [6.45, 7) is 3.37. The Balaban J connectivity index is 1.70. The lowest BCUT2D eigenvalue weighted by atomic mass is 10.1. The first-order valence-corrected chi connectivity index (χ1v) is 9.97. The number of rotatable bonds is 6. The molecule has 0 N–H and O–H groups in total. The van der Waals surface area contributed by atoms with Gasteiger partial charge >= 0.3 is 0 Å². The van der Waals surface area contributed by atoms with E-state index in [0.29, 0.717) is 28.8 Å². The highest BCUT2D eigenvalue weighted by Crippen LogP contribution is 2.33. The fraction of sp³-hybridized carbons (Fsp3) is 0.350. The average molecular weight is 384 g/mol. The van der Waals surface area contributed by atoms with Gasteiger partial charge in [0.2, 0.25) is 0 Å². The molecule has 1 fully saturated rings. The molecule has 0 spiro atoms. The quantitative estimate of drug-likeness (QED) is 0.591. The summed E-state index contributed by atoms with van der Waals surface area (Å²) in [7, 11) is 0. The van der Waals surface area contributed by atoms with E-state index >= 15 is 0 Å². The molecule has 1 atom stereocenters. The van der Waals surface area contributed by atoms with Gasteiger partial charge in [-0.25, -0.2) is 19.3 Å². The van der Waals surface area contributed by atoms with Crippen molar-refractivity contribution >= 4 is 11.8 Å². The van der Waals surface area contributed by atoms with Crippen molar-refractivity contribution in [3.8, 4) is 11.3 Å². The van der Waals surface area contributed by atoms with Crippen LogP contribution in [0.3, 0.4) is 0 Å². The lowest BCUT2D eigenvalue weighted by Crippen LogP contribution is -2.16. The molecule has 3 heterocycles. The van der Waals surface area contributed by atoms with E-state index in [0.717, 1.165) is 30.7 Å². The van der Waals surface area contributed by atoms with Crippen LogP contribution in [0.25, 0.3) is 11.3 Å². The van der Waals surface area contributed by atoms with E-state index in [-0.39, 0.29) is 11.9 Å². The Morgan fingerprint density at radius 1 is 1.22 bits per heavy atom.